The average molecular weight is 364 g/mol. The van der Waals surface area contributed by atoms with Gasteiger partial charge in [-0.15, -0.1) is 11.3 Å². The van der Waals surface area contributed by atoms with Gasteiger partial charge in [-0.3, -0.25) is 4.79 Å². The molecule has 0 radical (unpaired) electrons. The minimum absolute atomic E-state index is 0.137. The molecule has 1 aromatic carbocycles. The van der Waals surface area contributed by atoms with Crippen LogP contribution in [0.15, 0.2) is 44.6 Å². The molecule has 0 amide bonds. The lowest BCUT2D eigenvalue weighted by atomic mass is 10.1. The van der Waals surface area contributed by atoms with Crippen molar-refractivity contribution in [3.8, 4) is 0 Å². The van der Waals surface area contributed by atoms with Crippen LogP contribution >= 0.6 is 27.3 Å². The number of aromatic nitrogens is 1. The number of carboxylic acids is 1. The SMILES string of the molecule is O=C(O)C/C(=C\c1cc(Br)cs1)c1nc2ccccc2o1. The zero-order chi connectivity index (χ0) is 14.8. The molecule has 3 aromatic rings. The van der Waals surface area contributed by atoms with E-state index >= 15 is 0 Å². The van der Waals surface area contributed by atoms with Gasteiger partial charge in [0.25, 0.3) is 0 Å². The maximum absolute atomic E-state index is 11.1. The highest BCUT2D eigenvalue weighted by atomic mass is 79.9. The standard InChI is InChI=1S/C15H10BrNO3S/c16-10-7-11(21-8-10)5-9(6-14(18)19)15-17-12-3-1-2-4-13(12)20-15/h1-5,7-8H,6H2,(H,18,19)/b9-5+. The Morgan fingerprint density at radius 3 is 2.90 bits per heavy atom. The van der Waals surface area contributed by atoms with Gasteiger partial charge in [0, 0.05) is 20.3 Å². The van der Waals surface area contributed by atoms with Gasteiger partial charge in [0.2, 0.25) is 5.89 Å². The number of nitrogens with zero attached hydrogens (tertiary/aromatic N) is 1. The fourth-order valence-corrected chi connectivity index (χ4v) is 3.34. The highest BCUT2D eigenvalue weighted by molar-refractivity contribution is 9.10. The van der Waals surface area contributed by atoms with E-state index in [0.717, 1.165) is 14.9 Å². The molecular formula is C15H10BrNO3S. The Bertz CT molecular complexity index is 801. The van der Waals surface area contributed by atoms with E-state index in [1.807, 2.05) is 35.7 Å². The van der Waals surface area contributed by atoms with Crippen LogP contribution in [0.25, 0.3) is 22.7 Å². The third-order valence-corrected chi connectivity index (χ3v) is 4.46. The minimum Gasteiger partial charge on any atom is -0.481 e. The van der Waals surface area contributed by atoms with E-state index in [1.54, 1.807) is 6.08 Å². The Morgan fingerprint density at radius 2 is 2.24 bits per heavy atom. The van der Waals surface area contributed by atoms with Crippen molar-refractivity contribution in [3.05, 3.63) is 51.0 Å². The molecule has 0 bridgehead atoms. The van der Waals surface area contributed by atoms with Crippen LogP contribution in [0.2, 0.25) is 0 Å². The Kier molecular flexibility index (Phi) is 3.90. The molecule has 106 valence electrons. The van der Waals surface area contributed by atoms with Crippen molar-refractivity contribution in [3.63, 3.8) is 0 Å². The molecule has 1 N–H and O–H groups in total. The van der Waals surface area contributed by atoms with Crippen LogP contribution in [0.4, 0.5) is 0 Å². The monoisotopic (exact) mass is 363 g/mol. The van der Waals surface area contributed by atoms with Gasteiger partial charge in [0.05, 0.1) is 6.42 Å². The fraction of sp³-hybridized carbons (Fsp3) is 0.0667. The Morgan fingerprint density at radius 1 is 1.43 bits per heavy atom. The van der Waals surface area contributed by atoms with Gasteiger partial charge < -0.3 is 9.52 Å². The predicted molar refractivity (Wildman–Crippen MR) is 86.2 cm³/mol. The molecule has 2 heterocycles. The van der Waals surface area contributed by atoms with Crippen LogP contribution in [0.3, 0.4) is 0 Å². The van der Waals surface area contributed by atoms with Crippen LogP contribution in [-0.2, 0) is 4.79 Å². The number of benzene rings is 1. The van der Waals surface area contributed by atoms with Crippen LogP contribution in [-0.4, -0.2) is 16.1 Å². The van der Waals surface area contributed by atoms with E-state index in [9.17, 15) is 4.79 Å². The smallest absolute Gasteiger partial charge is 0.308 e. The summed E-state index contributed by atoms with van der Waals surface area (Å²) in [7, 11) is 0. The van der Waals surface area contributed by atoms with Crippen LogP contribution in [0.1, 0.15) is 17.2 Å². The lowest BCUT2D eigenvalue weighted by Gasteiger charge is -1.98. The van der Waals surface area contributed by atoms with E-state index in [2.05, 4.69) is 20.9 Å². The van der Waals surface area contributed by atoms with Gasteiger partial charge in [-0.2, -0.15) is 0 Å². The second-order valence-electron chi connectivity index (χ2n) is 4.39. The van der Waals surface area contributed by atoms with Crippen molar-refractivity contribution >= 4 is 56.0 Å². The second-order valence-corrected chi connectivity index (χ2v) is 6.25. The molecule has 0 aliphatic heterocycles. The summed E-state index contributed by atoms with van der Waals surface area (Å²) < 4.78 is 6.62. The molecule has 0 unspecified atom stereocenters. The quantitative estimate of drug-likeness (QED) is 0.731. The first-order valence-corrected chi connectivity index (χ1v) is 7.81. The van der Waals surface area contributed by atoms with Gasteiger partial charge in [0.15, 0.2) is 5.58 Å². The lowest BCUT2D eigenvalue weighted by molar-refractivity contribution is -0.135. The number of carbonyl (C=O) groups is 1. The first-order valence-electron chi connectivity index (χ1n) is 6.14. The Balaban J connectivity index is 2.06. The minimum atomic E-state index is -0.917. The zero-order valence-corrected chi connectivity index (χ0v) is 13.1. The van der Waals surface area contributed by atoms with Crippen molar-refractivity contribution in [1.29, 1.82) is 0 Å². The zero-order valence-electron chi connectivity index (χ0n) is 10.7. The maximum atomic E-state index is 11.1. The van der Waals surface area contributed by atoms with Gasteiger partial charge in [-0.05, 0) is 40.2 Å². The number of fused-ring (bicyclic) bond motifs is 1. The van der Waals surface area contributed by atoms with E-state index < -0.39 is 5.97 Å². The van der Waals surface area contributed by atoms with Gasteiger partial charge >= 0.3 is 5.97 Å². The fourth-order valence-electron chi connectivity index (χ4n) is 1.94. The normalized spacial score (nSPS) is 12.0. The summed E-state index contributed by atoms with van der Waals surface area (Å²) in [5.74, 6) is -0.567. The summed E-state index contributed by atoms with van der Waals surface area (Å²) in [6.45, 7) is 0. The molecule has 2 aromatic heterocycles. The van der Waals surface area contributed by atoms with Crippen LogP contribution in [0, 0.1) is 0 Å². The molecule has 6 heteroatoms. The molecule has 4 nitrogen and oxygen atoms in total. The molecule has 0 aliphatic carbocycles. The molecule has 0 aliphatic rings. The lowest BCUT2D eigenvalue weighted by Crippen LogP contribution is -1.97. The summed E-state index contributed by atoms with van der Waals surface area (Å²) in [4.78, 5) is 16.4. The third kappa shape index (κ3) is 3.22. The summed E-state index contributed by atoms with van der Waals surface area (Å²) >= 11 is 4.90. The number of thiophene rings is 1. The van der Waals surface area contributed by atoms with E-state index in [0.29, 0.717) is 17.0 Å². The molecule has 3 rings (SSSR count). The molecule has 0 spiro atoms. The Hall–Kier alpha value is -1.92. The number of aliphatic carboxylic acids is 1. The largest absolute Gasteiger partial charge is 0.481 e. The first-order chi connectivity index (χ1) is 10.1. The highest BCUT2D eigenvalue weighted by Crippen LogP contribution is 2.28. The van der Waals surface area contributed by atoms with Crippen LogP contribution < -0.4 is 0 Å². The van der Waals surface area contributed by atoms with Crippen molar-refractivity contribution in [2.24, 2.45) is 0 Å². The van der Waals surface area contributed by atoms with Gasteiger partial charge in [0.1, 0.15) is 5.52 Å². The number of hydrogen-bond acceptors (Lipinski definition) is 4. The molecule has 0 atom stereocenters. The molecule has 0 fully saturated rings. The number of carboxylic acid groups (broad SMARTS) is 1. The van der Waals surface area contributed by atoms with Crippen LogP contribution in [0.5, 0.6) is 0 Å². The van der Waals surface area contributed by atoms with Crippen molar-refractivity contribution in [1.82, 2.24) is 4.98 Å². The molecular weight excluding hydrogens is 354 g/mol. The molecule has 0 saturated heterocycles. The summed E-state index contributed by atoms with van der Waals surface area (Å²) in [5.41, 5.74) is 1.92. The maximum Gasteiger partial charge on any atom is 0.308 e. The third-order valence-electron chi connectivity index (χ3n) is 2.81. The van der Waals surface area contributed by atoms with Crippen molar-refractivity contribution in [2.75, 3.05) is 0 Å². The predicted octanol–water partition coefficient (Wildman–Crippen LogP) is 4.67. The average Bonchev–Trinajstić information content (AvgIpc) is 3.03. The number of hydrogen-bond donors (Lipinski definition) is 1. The molecule has 0 saturated carbocycles. The van der Waals surface area contributed by atoms with Gasteiger partial charge in [-0.25, -0.2) is 4.98 Å². The first kappa shape index (κ1) is 14.0. The van der Waals surface area contributed by atoms with E-state index in [4.69, 9.17) is 9.52 Å². The van der Waals surface area contributed by atoms with Gasteiger partial charge in [-0.1, -0.05) is 12.1 Å². The number of para-hydroxylation sites is 2. The highest BCUT2D eigenvalue weighted by Gasteiger charge is 2.14. The van der Waals surface area contributed by atoms with Crippen molar-refractivity contribution in [2.45, 2.75) is 6.42 Å². The second kappa shape index (κ2) is 5.83. The number of rotatable bonds is 4. The van der Waals surface area contributed by atoms with E-state index in [1.165, 1.54) is 11.3 Å². The summed E-state index contributed by atoms with van der Waals surface area (Å²) in [6.07, 6.45) is 1.66. The summed E-state index contributed by atoms with van der Waals surface area (Å²) in [6, 6.07) is 9.30. The molecule has 21 heavy (non-hydrogen) atoms. The number of oxazole rings is 1. The summed E-state index contributed by atoms with van der Waals surface area (Å²) in [5, 5.41) is 11.0. The topological polar surface area (TPSA) is 63.3 Å². The van der Waals surface area contributed by atoms with E-state index in [-0.39, 0.29) is 6.42 Å². The van der Waals surface area contributed by atoms with Crippen molar-refractivity contribution < 1.29 is 14.3 Å². The number of halogens is 1. The Labute approximate surface area is 132 Å².